The largest absolute Gasteiger partial charge is 0.495 e. The van der Waals surface area contributed by atoms with Gasteiger partial charge in [-0.05, 0) is 73.1 Å². The van der Waals surface area contributed by atoms with Crippen LogP contribution in [-0.2, 0) is 0 Å². The average Bonchev–Trinajstić information content (AvgIpc) is 3.89. The number of fused-ring (bicyclic) bond motifs is 1. The zero-order valence-electron chi connectivity index (χ0n) is 22.8. The zero-order chi connectivity index (χ0) is 25.9. The summed E-state index contributed by atoms with van der Waals surface area (Å²) in [6, 6.07) is 12.3. The molecule has 2 unspecified atom stereocenters. The first-order valence-corrected chi connectivity index (χ1v) is 14.6. The molecule has 2 aromatic heterocycles. The van der Waals surface area contributed by atoms with Crippen molar-refractivity contribution in [1.82, 2.24) is 15.0 Å². The van der Waals surface area contributed by atoms with Crippen LogP contribution in [0.3, 0.4) is 0 Å². The van der Waals surface area contributed by atoms with E-state index >= 15 is 0 Å². The lowest BCUT2D eigenvalue weighted by Gasteiger charge is -2.17. The van der Waals surface area contributed by atoms with Gasteiger partial charge in [-0.1, -0.05) is 46.2 Å². The molecule has 6 heteroatoms. The van der Waals surface area contributed by atoms with E-state index in [0.717, 1.165) is 40.7 Å². The minimum absolute atomic E-state index is 0.769. The summed E-state index contributed by atoms with van der Waals surface area (Å²) < 4.78 is 5.08. The van der Waals surface area contributed by atoms with Gasteiger partial charge in [0.15, 0.2) is 0 Å². The normalized spacial score (nSPS) is 18.9. The molecule has 6 rings (SSSR count). The Morgan fingerprint density at radius 1 is 0.889 bits per heavy atom. The third-order valence-corrected chi connectivity index (χ3v) is 7.07. The molecule has 0 bridgehead atoms. The van der Waals surface area contributed by atoms with Gasteiger partial charge in [-0.3, -0.25) is 4.98 Å². The molecule has 1 aromatic carbocycles. The number of hydrogen-bond donors (Lipinski definition) is 0. The smallest absolute Gasteiger partial charge is 0.225 e. The van der Waals surface area contributed by atoms with Crippen molar-refractivity contribution in [1.29, 1.82) is 0 Å². The maximum Gasteiger partial charge on any atom is 0.225 e. The highest BCUT2D eigenvalue weighted by molar-refractivity contribution is 7.98. The molecule has 1 saturated heterocycles. The van der Waals surface area contributed by atoms with Gasteiger partial charge in [0.25, 0.3) is 0 Å². The van der Waals surface area contributed by atoms with E-state index in [9.17, 15) is 0 Å². The number of aromatic nitrogens is 3. The minimum atomic E-state index is 0.769. The van der Waals surface area contributed by atoms with Crippen molar-refractivity contribution >= 4 is 17.7 Å². The quantitative estimate of drug-likeness (QED) is 0.330. The molecule has 0 spiro atoms. The van der Waals surface area contributed by atoms with Crippen molar-refractivity contribution in [3.8, 4) is 17.0 Å². The summed E-state index contributed by atoms with van der Waals surface area (Å²) >= 11 is 1.74. The number of thioether (sulfide) groups is 1. The molecule has 3 heterocycles. The van der Waals surface area contributed by atoms with Crippen LogP contribution in [0.2, 0.25) is 0 Å². The Bertz CT molecular complexity index is 965. The van der Waals surface area contributed by atoms with Gasteiger partial charge in [-0.25, -0.2) is 9.97 Å². The molecule has 36 heavy (non-hydrogen) atoms. The lowest BCUT2D eigenvalue weighted by Crippen LogP contribution is -2.23. The Morgan fingerprint density at radius 2 is 1.50 bits per heavy atom. The summed E-state index contributed by atoms with van der Waals surface area (Å²) in [6.45, 7) is 10.6. The van der Waals surface area contributed by atoms with Gasteiger partial charge in [-0.15, -0.1) is 11.8 Å². The predicted molar refractivity (Wildman–Crippen MR) is 153 cm³/mol. The lowest BCUT2D eigenvalue weighted by molar-refractivity contribution is 0.413. The van der Waals surface area contributed by atoms with E-state index in [-0.39, 0.29) is 0 Å². The second-order valence-electron chi connectivity index (χ2n) is 9.27. The number of nitrogens with zero attached hydrogens (tertiary/aromatic N) is 4. The van der Waals surface area contributed by atoms with Gasteiger partial charge < -0.3 is 9.64 Å². The van der Waals surface area contributed by atoms with Crippen LogP contribution in [0.5, 0.6) is 5.75 Å². The number of methoxy groups -OCH3 is 1. The molecule has 5 nitrogen and oxygen atoms in total. The molecular weight excluding hydrogens is 464 g/mol. The van der Waals surface area contributed by atoms with Crippen molar-refractivity contribution in [2.24, 2.45) is 11.8 Å². The van der Waals surface area contributed by atoms with Crippen LogP contribution >= 0.6 is 11.8 Å². The predicted octanol–water partition coefficient (Wildman–Crippen LogP) is 7.73. The van der Waals surface area contributed by atoms with E-state index in [1.807, 2.05) is 38.4 Å². The monoisotopic (exact) mass is 506 g/mol. The third-order valence-electron chi connectivity index (χ3n) is 6.33. The molecule has 3 aromatic rings. The van der Waals surface area contributed by atoms with E-state index in [1.165, 1.54) is 49.2 Å². The summed E-state index contributed by atoms with van der Waals surface area (Å²) in [4.78, 5) is 16.9. The van der Waals surface area contributed by atoms with Gasteiger partial charge in [0.1, 0.15) is 5.75 Å². The van der Waals surface area contributed by atoms with Crippen molar-refractivity contribution < 1.29 is 4.74 Å². The molecule has 0 N–H and O–H groups in total. The topological polar surface area (TPSA) is 51.1 Å². The Kier molecular flexibility index (Phi) is 11.1. The van der Waals surface area contributed by atoms with E-state index in [4.69, 9.17) is 4.74 Å². The van der Waals surface area contributed by atoms with Gasteiger partial charge in [0, 0.05) is 35.9 Å². The van der Waals surface area contributed by atoms with Crippen molar-refractivity contribution in [3.63, 3.8) is 0 Å². The summed E-state index contributed by atoms with van der Waals surface area (Å²) in [7, 11) is 1.64. The standard InChI is InChI=1S/C13H13NOS.C12H15N3.C3H8.C2H6/c1-15-11-5-8-13(14-9-11)10-3-6-12(16-2)7-4-10;1-2-8(1)11-4-13-12(14-5-11)15-6-9-3-10(9)7-15;1-3-2;1-2/h3-9H,1-2H3;4-5,8-10H,1-3,6-7H2;3H2,1-2H3;1-2H3. The number of pyridine rings is 1. The van der Waals surface area contributed by atoms with Crippen LogP contribution in [0.25, 0.3) is 11.3 Å². The third kappa shape index (κ3) is 7.95. The number of piperidine rings is 1. The molecule has 0 radical (unpaired) electrons. The van der Waals surface area contributed by atoms with Crippen LogP contribution in [-0.4, -0.2) is 41.4 Å². The molecule has 0 amide bonds. The number of rotatable bonds is 5. The van der Waals surface area contributed by atoms with E-state index < -0.39 is 0 Å². The second kappa shape index (κ2) is 14.2. The first-order chi connectivity index (χ1) is 17.6. The molecule has 2 saturated carbocycles. The number of anilines is 1. The summed E-state index contributed by atoms with van der Waals surface area (Å²) in [6.07, 6.45) is 13.2. The minimum Gasteiger partial charge on any atom is -0.495 e. The molecule has 2 atom stereocenters. The fraction of sp³-hybridized carbons (Fsp3) is 0.500. The Hall–Kier alpha value is -2.60. The average molecular weight is 507 g/mol. The highest BCUT2D eigenvalue weighted by Gasteiger charge is 2.45. The highest BCUT2D eigenvalue weighted by Crippen LogP contribution is 2.46. The maximum absolute atomic E-state index is 5.08. The Balaban J connectivity index is 0.000000171. The Morgan fingerprint density at radius 3 is 1.97 bits per heavy atom. The summed E-state index contributed by atoms with van der Waals surface area (Å²) in [5, 5.41) is 0. The molecule has 3 aliphatic rings. The fourth-order valence-electron chi connectivity index (χ4n) is 4.12. The number of hydrogen-bond acceptors (Lipinski definition) is 6. The van der Waals surface area contributed by atoms with E-state index in [1.54, 1.807) is 25.1 Å². The van der Waals surface area contributed by atoms with Gasteiger partial charge >= 0.3 is 0 Å². The van der Waals surface area contributed by atoms with Crippen LogP contribution in [0.1, 0.15) is 64.9 Å². The van der Waals surface area contributed by atoms with Crippen LogP contribution in [0.15, 0.2) is 59.9 Å². The van der Waals surface area contributed by atoms with Crippen molar-refractivity contribution in [2.45, 2.75) is 64.2 Å². The molecule has 1 aliphatic heterocycles. The van der Waals surface area contributed by atoms with Crippen LogP contribution in [0.4, 0.5) is 5.95 Å². The molecule has 194 valence electrons. The van der Waals surface area contributed by atoms with Crippen molar-refractivity contribution in [3.05, 3.63) is 60.6 Å². The van der Waals surface area contributed by atoms with Gasteiger partial charge in [-0.2, -0.15) is 0 Å². The zero-order valence-corrected chi connectivity index (χ0v) is 23.6. The van der Waals surface area contributed by atoms with Crippen LogP contribution in [0, 0.1) is 11.8 Å². The second-order valence-corrected chi connectivity index (χ2v) is 10.2. The molecule has 2 aliphatic carbocycles. The Labute approximate surface area is 222 Å². The molecular formula is C30H42N4OS. The highest BCUT2D eigenvalue weighted by atomic mass is 32.2. The summed E-state index contributed by atoms with van der Waals surface area (Å²) in [5.41, 5.74) is 3.43. The van der Waals surface area contributed by atoms with E-state index in [2.05, 4.69) is 64.2 Å². The maximum atomic E-state index is 5.08. The van der Waals surface area contributed by atoms with E-state index in [0.29, 0.717) is 0 Å². The number of ether oxygens (including phenoxy) is 1. The first kappa shape index (κ1) is 28.0. The fourth-order valence-corrected chi connectivity index (χ4v) is 4.53. The molecule has 3 fully saturated rings. The van der Waals surface area contributed by atoms with Crippen LogP contribution < -0.4 is 9.64 Å². The lowest BCUT2D eigenvalue weighted by atomic mass is 10.1. The van der Waals surface area contributed by atoms with Gasteiger partial charge in [0.2, 0.25) is 5.95 Å². The van der Waals surface area contributed by atoms with Gasteiger partial charge in [0.05, 0.1) is 19.0 Å². The first-order valence-electron chi connectivity index (χ1n) is 13.4. The number of benzene rings is 1. The SMILES string of the molecule is CC.CCC.COc1ccc(-c2ccc(SC)cc2)nc1.c1nc(N2CC3CC3C2)ncc1C1CC1. The van der Waals surface area contributed by atoms with Crippen molar-refractivity contribution in [2.75, 3.05) is 31.4 Å². The summed E-state index contributed by atoms with van der Waals surface area (Å²) in [5.74, 6) is 4.41.